The summed E-state index contributed by atoms with van der Waals surface area (Å²) in [6.45, 7) is 3.71. The predicted molar refractivity (Wildman–Crippen MR) is 93.9 cm³/mol. The number of nitrogens with one attached hydrogen (secondary N) is 1. The molecule has 0 radical (unpaired) electrons. The second-order valence-electron chi connectivity index (χ2n) is 5.80. The number of alkyl halides is 2. The summed E-state index contributed by atoms with van der Waals surface area (Å²) in [5.41, 5.74) is 2.76. The molecular formula is C18H19F2N5O. The molecule has 0 bridgehead atoms. The predicted octanol–water partition coefficient (Wildman–Crippen LogP) is 3.54. The first-order valence-electron chi connectivity index (χ1n) is 8.11. The van der Waals surface area contributed by atoms with E-state index in [1.54, 1.807) is 35.3 Å². The highest BCUT2D eigenvalue weighted by Crippen LogP contribution is 2.16. The third kappa shape index (κ3) is 4.53. The van der Waals surface area contributed by atoms with Crippen molar-refractivity contribution in [3.05, 3.63) is 59.7 Å². The fourth-order valence-electron chi connectivity index (χ4n) is 2.50. The van der Waals surface area contributed by atoms with Crippen LogP contribution in [-0.4, -0.2) is 32.8 Å². The standard InChI is InChI=1S/C18H19F2N5O/c1-12-6-13(2)25(24-12)18-10-21-9-17(23-18)22-8-14-4-3-5-15(7-14)26-11-16(19)20/h3-7,9-10,16H,8,11H2,1-2H3,(H,22,23). The van der Waals surface area contributed by atoms with E-state index in [1.807, 2.05) is 26.0 Å². The second-order valence-corrected chi connectivity index (χ2v) is 5.80. The lowest BCUT2D eigenvalue weighted by Gasteiger charge is -2.10. The summed E-state index contributed by atoms with van der Waals surface area (Å²) >= 11 is 0. The lowest BCUT2D eigenvalue weighted by atomic mass is 10.2. The Balaban J connectivity index is 1.68. The van der Waals surface area contributed by atoms with Crippen LogP contribution in [0.15, 0.2) is 42.7 Å². The zero-order valence-corrected chi connectivity index (χ0v) is 14.5. The molecule has 2 aromatic heterocycles. The van der Waals surface area contributed by atoms with Crippen molar-refractivity contribution in [1.82, 2.24) is 19.7 Å². The summed E-state index contributed by atoms with van der Waals surface area (Å²) < 4.78 is 31.2. The third-order valence-corrected chi connectivity index (χ3v) is 3.60. The van der Waals surface area contributed by atoms with Crippen LogP contribution < -0.4 is 10.1 Å². The number of hydrogen-bond donors (Lipinski definition) is 1. The molecule has 1 N–H and O–H groups in total. The number of anilines is 1. The van der Waals surface area contributed by atoms with Crippen LogP contribution in [0.4, 0.5) is 14.6 Å². The van der Waals surface area contributed by atoms with Gasteiger partial charge in [-0.2, -0.15) is 5.10 Å². The number of hydrogen-bond acceptors (Lipinski definition) is 5. The van der Waals surface area contributed by atoms with Crippen molar-refractivity contribution in [3.8, 4) is 11.6 Å². The first kappa shape index (κ1) is 17.8. The van der Waals surface area contributed by atoms with Gasteiger partial charge in [-0.1, -0.05) is 12.1 Å². The molecule has 136 valence electrons. The van der Waals surface area contributed by atoms with E-state index in [0.717, 1.165) is 17.0 Å². The van der Waals surface area contributed by atoms with Gasteiger partial charge in [-0.05, 0) is 37.6 Å². The molecule has 0 aliphatic heterocycles. The molecule has 0 amide bonds. The van der Waals surface area contributed by atoms with Crippen LogP contribution in [0.25, 0.3) is 5.82 Å². The van der Waals surface area contributed by atoms with Crippen LogP contribution in [0.1, 0.15) is 17.0 Å². The maximum Gasteiger partial charge on any atom is 0.272 e. The van der Waals surface area contributed by atoms with Gasteiger partial charge in [0.1, 0.15) is 18.2 Å². The number of halogens is 2. The van der Waals surface area contributed by atoms with E-state index in [9.17, 15) is 8.78 Å². The SMILES string of the molecule is Cc1cc(C)n(-c2cncc(NCc3cccc(OCC(F)F)c3)n2)n1. The molecule has 0 atom stereocenters. The Hall–Kier alpha value is -3.03. The van der Waals surface area contributed by atoms with Crippen LogP contribution in [0, 0.1) is 13.8 Å². The highest BCUT2D eigenvalue weighted by atomic mass is 19.3. The van der Waals surface area contributed by atoms with E-state index >= 15 is 0 Å². The maximum absolute atomic E-state index is 12.2. The summed E-state index contributed by atoms with van der Waals surface area (Å²) in [5.74, 6) is 1.62. The Labute approximate surface area is 149 Å². The van der Waals surface area contributed by atoms with Gasteiger partial charge in [-0.3, -0.25) is 4.98 Å². The Kier molecular flexibility index (Phi) is 5.40. The molecule has 2 heterocycles. The molecule has 0 saturated carbocycles. The molecule has 26 heavy (non-hydrogen) atoms. The summed E-state index contributed by atoms with van der Waals surface area (Å²) in [6.07, 6.45) is 0.764. The van der Waals surface area contributed by atoms with Crippen LogP contribution in [0.3, 0.4) is 0 Å². The maximum atomic E-state index is 12.2. The fraction of sp³-hybridized carbons (Fsp3) is 0.278. The number of rotatable bonds is 7. The van der Waals surface area contributed by atoms with Crippen molar-refractivity contribution >= 4 is 5.82 Å². The normalized spacial score (nSPS) is 11.0. The molecule has 0 saturated heterocycles. The van der Waals surface area contributed by atoms with Gasteiger partial charge in [-0.25, -0.2) is 18.4 Å². The Morgan fingerprint density at radius 3 is 2.77 bits per heavy atom. The van der Waals surface area contributed by atoms with E-state index in [2.05, 4.69) is 20.4 Å². The third-order valence-electron chi connectivity index (χ3n) is 3.60. The van der Waals surface area contributed by atoms with Crippen molar-refractivity contribution in [3.63, 3.8) is 0 Å². The molecule has 0 aliphatic carbocycles. The van der Waals surface area contributed by atoms with E-state index in [4.69, 9.17) is 4.74 Å². The van der Waals surface area contributed by atoms with Gasteiger partial charge < -0.3 is 10.1 Å². The molecule has 1 aromatic carbocycles. The second kappa shape index (κ2) is 7.90. The summed E-state index contributed by atoms with van der Waals surface area (Å²) in [6, 6.07) is 8.96. The van der Waals surface area contributed by atoms with Crippen molar-refractivity contribution < 1.29 is 13.5 Å². The number of benzene rings is 1. The molecular weight excluding hydrogens is 340 g/mol. The summed E-state index contributed by atoms with van der Waals surface area (Å²) in [5, 5.41) is 7.57. The first-order valence-corrected chi connectivity index (χ1v) is 8.11. The van der Waals surface area contributed by atoms with Gasteiger partial charge in [0.15, 0.2) is 5.82 Å². The average molecular weight is 359 g/mol. The van der Waals surface area contributed by atoms with E-state index in [0.29, 0.717) is 23.9 Å². The van der Waals surface area contributed by atoms with Gasteiger partial charge in [-0.15, -0.1) is 0 Å². The molecule has 0 fully saturated rings. The van der Waals surface area contributed by atoms with Crippen molar-refractivity contribution in [2.45, 2.75) is 26.8 Å². The van der Waals surface area contributed by atoms with Gasteiger partial charge in [0.05, 0.1) is 18.1 Å². The van der Waals surface area contributed by atoms with E-state index < -0.39 is 13.0 Å². The monoisotopic (exact) mass is 359 g/mol. The zero-order chi connectivity index (χ0) is 18.5. The van der Waals surface area contributed by atoms with Gasteiger partial charge in [0, 0.05) is 12.2 Å². The number of aryl methyl sites for hydroxylation is 2. The van der Waals surface area contributed by atoms with Crippen LogP contribution in [0.2, 0.25) is 0 Å². The highest BCUT2D eigenvalue weighted by molar-refractivity contribution is 5.38. The lowest BCUT2D eigenvalue weighted by molar-refractivity contribution is 0.0818. The molecule has 8 heteroatoms. The quantitative estimate of drug-likeness (QED) is 0.699. The minimum atomic E-state index is -2.50. The Bertz CT molecular complexity index is 882. The summed E-state index contributed by atoms with van der Waals surface area (Å²) in [7, 11) is 0. The number of nitrogens with zero attached hydrogens (tertiary/aromatic N) is 4. The van der Waals surface area contributed by atoms with Crippen molar-refractivity contribution in [1.29, 1.82) is 0 Å². The molecule has 0 spiro atoms. The topological polar surface area (TPSA) is 64.9 Å². The smallest absolute Gasteiger partial charge is 0.272 e. The summed E-state index contributed by atoms with van der Waals surface area (Å²) in [4.78, 5) is 8.71. The van der Waals surface area contributed by atoms with Crippen molar-refractivity contribution in [2.75, 3.05) is 11.9 Å². The number of ether oxygens (including phenoxy) is 1. The van der Waals surface area contributed by atoms with Gasteiger partial charge in [0.25, 0.3) is 6.43 Å². The van der Waals surface area contributed by atoms with E-state index in [1.165, 1.54) is 0 Å². The molecule has 0 aliphatic rings. The lowest BCUT2D eigenvalue weighted by Crippen LogP contribution is -2.08. The average Bonchev–Trinajstić information content (AvgIpc) is 2.97. The molecule has 3 aromatic rings. The highest BCUT2D eigenvalue weighted by Gasteiger charge is 2.07. The molecule has 3 rings (SSSR count). The van der Waals surface area contributed by atoms with Crippen LogP contribution >= 0.6 is 0 Å². The zero-order valence-electron chi connectivity index (χ0n) is 14.5. The minimum absolute atomic E-state index is 0.409. The molecule has 0 unspecified atom stereocenters. The van der Waals surface area contributed by atoms with Gasteiger partial charge in [0.2, 0.25) is 0 Å². The van der Waals surface area contributed by atoms with Gasteiger partial charge >= 0.3 is 0 Å². The largest absolute Gasteiger partial charge is 0.488 e. The fourth-order valence-corrected chi connectivity index (χ4v) is 2.50. The van der Waals surface area contributed by atoms with Crippen molar-refractivity contribution in [2.24, 2.45) is 0 Å². The minimum Gasteiger partial charge on any atom is -0.488 e. The Morgan fingerprint density at radius 2 is 2.04 bits per heavy atom. The van der Waals surface area contributed by atoms with Crippen LogP contribution in [-0.2, 0) is 6.54 Å². The van der Waals surface area contributed by atoms with Crippen LogP contribution in [0.5, 0.6) is 5.75 Å². The first-order chi connectivity index (χ1) is 12.5. The Morgan fingerprint density at radius 1 is 1.19 bits per heavy atom. The molecule has 6 nitrogen and oxygen atoms in total. The van der Waals surface area contributed by atoms with E-state index in [-0.39, 0.29) is 0 Å². The number of aromatic nitrogens is 4.